The Morgan fingerprint density at radius 2 is 1.61 bits per heavy atom. The predicted molar refractivity (Wildman–Crippen MR) is 98.3 cm³/mol. The lowest BCUT2D eigenvalue weighted by atomic mass is 9.77. The van der Waals surface area contributed by atoms with Gasteiger partial charge in [0.05, 0.1) is 28.0 Å². The van der Waals surface area contributed by atoms with Crippen LogP contribution in [0.3, 0.4) is 0 Å². The van der Waals surface area contributed by atoms with Gasteiger partial charge in [-0.1, -0.05) is 0 Å². The lowest BCUT2D eigenvalue weighted by Gasteiger charge is -2.41. The molecule has 5 nitrogen and oxygen atoms in total. The molecule has 166 valence electrons. The normalized spacial score (nSPS) is 22.0. The average Bonchev–Trinajstić information content (AvgIpc) is 2.96. The molecule has 0 radical (unpaired) electrons. The minimum Gasteiger partial charge on any atom is -0.507 e. The van der Waals surface area contributed by atoms with Crippen molar-refractivity contribution >= 4 is 11.0 Å². The highest BCUT2D eigenvalue weighted by Gasteiger charge is 2.43. The number of aryl methyl sites for hydroxylation is 1. The SMILES string of the molecule is Cc1cc(O)c(-c2cc3c(C(F)(F)F)cn(C4CC(C)(O)C4)c3nn2)c(C(F)(F)F)c1. The fraction of sp³-hybridized carbons (Fsp3) is 0.400. The molecular weight excluding hydrogens is 428 g/mol. The number of nitrogens with zero attached hydrogens (tertiary/aromatic N) is 3. The van der Waals surface area contributed by atoms with Crippen molar-refractivity contribution in [2.45, 2.75) is 50.7 Å². The number of benzene rings is 1. The van der Waals surface area contributed by atoms with Crippen LogP contribution in [0.25, 0.3) is 22.3 Å². The first-order valence-electron chi connectivity index (χ1n) is 9.26. The number of aromatic nitrogens is 3. The van der Waals surface area contributed by atoms with Gasteiger partial charge in [-0.15, -0.1) is 10.2 Å². The Morgan fingerprint density at radius 1 is 1.00 bits per heavy atom. The summed E-state index contributed by atoms with van der Waals surface area (Å²) in [6, 6.07) is 2.26. The number of hydrogen-bond donors (Lipinski definition) is 2. The molecule has 0 atom stereocenters. The predicted octanol–water partition coefficient (Wildman–Crippen LogP) is 5.24. The van der Waals surface area contributed by atoms with Gasteiger partial charge in [-0.25, -0.2) is 0 Å². The molecule has 2 N–H and O–H groups in total. The van der Waals surface area contributed by atoms with Crippen molar-refractivity contribution in [1.29, 1.82) is 0 Å². The van der Waals surface area contributed by atoms with Crippen LogP contribution in [-0.4, -0.2) is 30.6 Å². The molecule has 0 spiro atoms. The number of fused-ring (bicyclic) bond motifs is 1. The summed E-state index contributed by atoms with van der Waals surface area (Å²) in [4.78, 5) is 0. The fourth-order valence-electron chi connectivity index (χ4n) is 4.08. The van der Waals surface area contributed by atoms with E-state index < -0.39 is 57.5 Å². The largest absolute Gasteiger partial charge is 0.507 e. The zero-order chi connectivity index (χ0) is 22.9. The van der Waals surface area contributed by atoms with Gasteiger partial charge in [0.15, 0.2) is 5.65 Å². The first-order chi connectivity index (χ1) is 14.2. The highest BCUT2D eigenvalue weighted by molar-refractivity contribution is 5.86. The summed E-state index contributed by atoms with van der Waals surface area (Å²) < 4.78 is 82.9. The number of aliphatic hydroxyl groups is 1. The number of phenolic OH excluding ortho intramolecular Hbond substituents is 1. The lowest BCUT2D eigenvalue weighted by molar-refractivity contribution is -0.137. The molecule has 0 bridgehead atoms. The van der Waals surface area contributed by atoms with Gasteiger partial charge in [0.2, 0.25) is 0 Å². The molecule has 0 saturated heterocycles. The Morgan fingerprint density at radius 3 is 2.16 bits per heavy atom. The molecule has 1 aliphatic carbocycles. The fourth-order valence-corrected chi connectivity index (χ4v) is 4.08. The summed E-state index contributed by atoms with van der Waals surface area (Å²) >= 11 is 0. The summed E-state index contributed by atoms with van der Waals surface area (Å²) in [5, 5.41) is 27.2. The maximum absolute atomic E-state index is 13.7. The Kier molecular flexibility index (Phi) is 4.55. The van der Waals surface area contributed by atoms with E-state index in [1.54, 1.807) is 6.92 Å². The quantitative estimate of drug-likeness (QED) is 0.530. The van der Waals surface area contributed by atoms with Crippen molar-refractivity contribution in [1.82, 2.24) is 14.8 Å². The van der Waals surface area contributed by atoms with Crippen molar-refractivity contribution in [3.8, 4) is 17.0 Å². The molecule has 1 aliphatic rings. The molecule has 0 aliphatic heterocycles. The highest BCUT2D eigenvalue weighted by Crippen LogP contribution is 2.46. The smallest absolute Gasteiger partial charge is 0.418 e. The lowest BCUT2D eigenvalue weighted by Crippen LogP contribution is -2.41. The van der Waals surface area contributed by atoms with Crippen molar-refractivity contribution in [2.75, 3.05) is 0 Å². The van der Waals surface area contributed by atoms with Gasteiger partial charge in [-0.05, 0) is 50.5 Å². The van der Waals surface area contributed by atoms with Crippen LogP contribution in [0, 0.1) is 6.92 Å². The van der Waals surface area contributed by atoms with Crippen molar-refractivity contribution < 1.29 is 36.6 Å². The van der Waals surface area contributed by atoms with E-state index in [0.29, 0.717) is 0 Å². The minimum atomic E-state index is -4.87. The Bertz CT molecular complexity index is 1170. The van der Waals surface area contributed by atoms with Crippen LogP contribution in [0.4, 0.5) is 26.3 Å². The summed E-state index contributed by atoms with van der Waals surface area (Å²) in [5.74, 6) is -0.760. The van der Waals surface area contributed by atoms with Gasteiger partial charge in [-0.2, -0.15) is 26.3 Å². The van der Waals surface area contributed by atoms with Crippen molar-refractivity contribution in [2.24, 2.45) is 0 Å². The standard InChI is InChI=1S/C20H17F6N3O2/c1-9-3-12(19(21,22)23)16(15(30)4-9)14-5-11-13(20(24,25)26)8-29(17(11)28-27-14)10-6-18(2,31)7-10/h3-5,8,10,30-31H,6-7H2,1-2H3. The molecule has 1 fully saturated rings. The van der Waals surface area contributed by atoms with Crippen molar-refractivity contribution in [3.05, 3.63) is 41.1 Å². The van der Waals surface area contributed by atoms with E-state index in [-0.39, 0.29) is 24.1 Å². The van der Waals surface area contributed by atoms with E-state index >= 15 is 0 Å². The second kappa shape index (κ2) is 6.59. The number of alkyl halides is 6. The number of halogens is 6. The van der Waals surface area contributed by atoms with Gasteiger partial charge >= 0.3 is 12.4 Å². The monoisotopic (exact) mass is 445 g/mol. The number of phenols is 1. The van der Waals surface area contributed by atoms with Gasteiger partial charge in [0, 0.05) is 17.6 Å². The second-order valence-electron chi connectivity index (χ2n) is 8.18. The second-order valence-corrected chi connectivity index (χ2v) is 8.18. The summed E-state index contributed by atoms with van der Waals surface area (Å²) in [6.45, 7) is 2.91. The van der Waals surface area contributed by atoms with Crippen LogP contribution in [0.5, 0.6) is 5.75 Å². The maximum atomic E-state index is 13.7. The third kappa shape index (κ3) is 3.71. The van der Waals surface area contributed by atoms with Gasteiger partial charge in [-0.3, -0.25) is 0 Å². The van der Waals surface area contributed by atoms with Crippen LogP contribution in [-0.2, 0) is 12.4 Å². The van der Waals surface area contributed by atoms with E-state index in [0.717, 1.165) is 24.4 Å². The zero-order valence-electron chi connectivity index (χ0n) is 16.3. The Balaban J connectivity index is 1.94. The molecule has 0 unspecified atom stereocenters. The van der Waals surface area contributed by atoms with Crippen LogP contribution in [0.1, 0.15) is 42.5 Å². The van der Waals surface area contributed by atoms with E-state index in [1.807, 2.05) is 0 Å². The average molecular weight is 445 g/mol. The van der Waals surface area contributed by atoms with Crippen LogP contribution >= 0.6 is 0 Å². The van der Waals surface area contributed by atoms with Crippen LogP contribution in [0.15, 0.2) is 24.4 Å². The number of hydrogen-bond acceptors (Lipinski definition) is 4. The summed E-state index contributed by atoms with van der Waals surface area (Å²) in [5.41, 5.74) is -4.60. The first-order valence-corrected chi connectivity index (χ1v) is 9.26. The molecule has 3 aromatic rings. The van der Waals surface area contributed by atoms with E-state index in [1.165, 1.54) is 11.5 Å². The van der Waals surface area contributed by atoms with Gasteiger partial charge < -0.3 is 14.8 Å². The third-order valence-corrected chi connectivity index (χ3v) is 5.45. The molecule has 1 saturated carbocycles. The van der Waals surface area contributed by atoms with E-state index in [2.05, 4.69) is 10.2 Å². The molecule has 0 amide bonds. The van der Waals surface area contributed by atoms with Crippen molar-refractivity contribution in [3.63, 3.8) is 0 Å². The zero-order valence-corrected chi connectivity index (χ0v) is 16.3. The maximum Gasteiger partial charge on any atom is 0.418 e. The molecular formula is C20H17F6N3O2. The topological polar surface area (TPSA) is 71.2 Å². The minimum absolute atomic E-state index is 0.127. The molecule has 4 rings (SSSR count). The molecule has 2 heterocycles. The van der Waals surface area contributed by atoms with Crippen LogP contribution < -0.4 is 0 Å². The Hall–Kier alpha value is -2.82. The van der Waals surface area contributed by atoms with Gasteiger partial charge in [0.25, 0.3) is 0 Å². The Labute approximate surface area is 171 Å². The summed E-state index contributed by atoms with van der Waals surface area (Å²) in [6.07, 6.45) is -8.42. The molecule has 2 aromatic heterocycles. The van der Waals surface area contributed by atoms with Crippen LogP contribution in [0.2, 0.25) is 0 Å². The van der Waals surface area contributed by atoms with Gasteiger partial charge in [0.1, 0.15) is 5.75 Å². The third-order valence-electron chi connectivity index (χ3n) is 5.45. The highest BCUT2D eigenvalue weighted by atomic mass is 19.4. The molecule has 1 aromatic carbocycles. The number of aromatic hydroxyl groups is 1. The molecule has 31 heavy (non-hydrogen) atoms. The summed E-state index contributed by atoms with van der Waals surface area (Å²) in [7, 11) is 0. The number of rotatable bonds is 2. The molecule has 11 heteroatoms. The van der Waals surface area contributed by atoms with E-state index in [4.69, 9.17) is 0 Å². The first kappa shape index (κ1) is 21.4. The van der Waals surface area contributed by atoms with E-state index in [9.17, 15) is 36.6 Å².